The molecule has 2 saturated heterocycles. The van der Waals surface area contributed by atoms with Crippen molar-refractivity contribution in [3.63, 3.8) is 0 Å². The second-order valence-corrected chi connectivity index (χ2v) is 12.8. The van der Waals surface area contributed by atoms with Crippen molar-refractivity contribution in [2.75, 3.05) is 13.2 Å². The summed E-state index contributed by atoms with van der Waals surface area (Å²) in [6.45, 7) is 4.41. The Morgan fingerprint density at radius 3 is 2.31 bits per heavy atom. The van der Waals surface area contributed by atoms with Crippen LogP contribution >= 0.6 is 0 Å². The first-order valence-corrected chi connectivity index (χ1v) is 16.3. The van der Waals surface area contributed by atoms with Crippen LogP contribution in [0.25, 0.3) is 0 Å². The number of nitrogens with zero attached hydrogens (tertiary/aromatic N) is 2. The zero-order valence-corrected chi connectivity index (χ0v) is 27.5. The van der Waals surface area contributed by atoms with Gasteiger partial charge in [0.2, 0.25) is 35.4 Å². The molecule has 6 N–H and O–H groups in total. The Balaban J connectivity index is 1.59. The molecule has 0 unspecified atom stereocenters. The highest BCUT2D eigenvalue weighted by molar-refractivity contribution is 5.96. The molecule has 48 heavy (non-hydrogen) atoms. The zero-order valence-electron chi connectivity index (χ0n) is 27.5. The van der Waals surface area contributed by atoms with Crippen LogP contribution in [0.15, 0.2) is 54.9 Å². The van der Waals surface area contributed by atoms with Crippen LogP contribution in [0.1, 0.15) is 63.6 Å². The maximum absolute atomic E-state index is 13.8. The van der Waals surface area contributed by atoms with Crippen molar-refractivity contribution in [3.8, 4) is 0 Å². The number of hydrogen-bond donors (Lipinski definition) is 6. The molecule has 1 aromatic heterocycles. The number of aliphatic hydroxyl groups excluding tert-OH is 1. The molecular formula is C34H45N7O7. The number of benzene rings is 1. The Labute approximate surface area is 279 Å². The van der Waals surface area contributed by atoms with E-state index in [2.05, 4.69) is 31.6 Å². The van der Waals surface area contributed by atoms with Crippen molar-refractivity contribution >= 4 is 35.4 Å². The van der Waals surface area contributed by atoms with Gasteiger partial charge in [-0.2, -0.15) is 0 Å². The fourth-order valence-corrected chi connectivity index (χ4v) is 5.95. The fraction of sp³-hybridized carbons (Fsp3) is 0.500. The van der Waals surface area contributed by atoms with Gasteiger partial charge in [-0.1, -0.05) is 44.2 Å². The molecule has 6 atom stereocenters. The van der Waals surface area contributed by atoms with Gasteiger partial charge in [0.15, 0.2) is 0 Å². The van der Waals surface area contributed by atoms with Crippen LogP contribution in [0.5, 0.6) is 0 Å². The maximum atomic E-state index is 13.8. The van der Waals surface area contributed by atoms with Gasteiger partial charge in [-0.05, 0) is 55.4 Å². The molecule has 0 saturated carbocycles. The Morgan fingerprint density at radius 2 is 1.65 bits per heavy atom. The molecule has 14 heteroatoms. The average molecular weight is 664 g/mol. The van der Waals surface area contributed by atoms with Crippen molar-refractivity contribution in [2.45, 2.75) is 89.1 Å². The molecule has 2 aromatic rings. The van der Waals surface area contributed by atoms with Gasteiger partial charge in [-0.25, -0.2) is 0 Å². The lowest BCUT2D eigenvalue weighted by Gasteiger charge is -2.30. The summed E-state index contributed by atoms with van der Waals surface area (Å²) in [5.74, 6) is -3.41. The number of carbonyl (C=O) groups excluding carboxylic acids is 6. The van der Waals surface area contributed by atoms with E-state index in [0.29, 0.717) is 12.0 Å². The molecule has 0 spiro atoms. The largest absolute Gasteiger partial charge is 0.394 e. The van der Waals surface area contributed by atoms with Crippen LogP contribution in [0, 0.1) is 5.92 Å². The van der Waals surface area contributed by atoms with Crippen molar-refractivity contribution < 1.29 is 33.9 Å². The zero-order chi connectivity index (χ0) is 34.8. The second kappa shape index (κ2) is 16.8. The number of pyridine rings is 1. The van der Waals surface area contributed by atoms with Crippen LogP contribution in [0.4, 0.5) is 0 Å². The summed E-state index contributed by atoms with van der Waals surface area (Å²) >= 11 is 0. The summed E-state index contributed by atoms with van der Waals surface area (Å²) in [6.07, 6.45) is 4.02. The van der Waals surface area contributed by atoms with Crippen LogP contribution in [0.3, 0.4) is 0 Å². The number of hydrogen-bond acceptors (Lipinski definition) is 8. The summed E-state index contributed by atoms with van der Waals surface area (Å²) in [4.78, 5) is 85.6. The van der Waals surface area contributed by atoms with E-state index in [9.17, 15) is 33.9 Å². The third-order valence-electron chi connectivity index (χ3n) is 8.46. The molecule has 0 aliphatic carbocycles. The van der Waals surface area contributed by atoms with Crippen LogP contribution in [0.2, 0.25) is 0 Å². The molecule has 0 bridgehead atoms. The van der Waals surface area contributed by atoms with E-state index < -0.39 is 72.4 Å². The Kier molecular flexibility index (Phi) is 12.6. The van der Waals surface area contributed by atoms with E-state index in [-0.39, 0.29) is 44.1 Å². The Morgan fingerprint density at radius 1 is 0.938 bits per heavy atom. The van der Waals surface area contributed by atoms with Crippen LogP contribution in [-0.2, 0) is 35.2 Å². The second-order valence-electron chi connectivity index (χ2n) is 12.8. The van der Waals surface area contributed by atoms with Gasteiger partial charge < -0.3 is 36.6 Å². The van der Waals surface area contributed by atoms with E-state index in [0.717, 1.165) is 5.56 Å². The number of amides is 6. The molecule has 4 rings (SSSR count). The lowest BCUT2D eigenvalue weighted by Crippen LogP contribution is -2.59. The minimum atomic E-state index is -1.42. The molecule has 2 aliphatic rings. The summed E-state index contributed by atoms with van der Waals surface area (Å²) < 4.78 is 0. The SMILES string of the molecule is CC(C)C[C@@H]1NC(=O)C[C@@H](c2ccccc2)NC(=O)[C@H](C)NC(=O)[C@@H]2C[C@H](NC(=O)CCc3ccncc3)CN2C(=O)[C@H](CO)NC1=O. The third kappa shape index (κ3) is 9.83. The van der Waals surface area contributed by atoms with Crippen molar-refractivity contribution in [1.29, 1.82) is 0 Å². The molecule has 1 aromatic carbocycles. The number of aryl methyl sites for hydroxylation is 1. The van der Waals surface area contributed by atoms with Crippen LogP contribution < -0.4 is 26.6 Å². The van der Waals surface area contributed by atoms with Gasteiger partial charge in [-0.3, -0.25) is 33.8 Å². The third-order valence-corrected chi connectivity index (χ3v) is 8.46. The quantitative estimate of drug-likeness (QED) is 0.225. The van der Waals surface area contributed by atoms with E-state index in [1.54, 1.807) is 42.7 Å². The van der Waals surface area contributed by atoms with E-state index in [4.69, 9.17) is 0 Å². The first-order chi connectivity index (χ1) is 22.9. The lowest BCUT2D eigenvalue weighted by molar-refractivity contribution is -0.143. The number of fused-ring (bicyclic) bond motifs is 1. The highest BCUT2D eigenvalue weighted by atomic mass is 16.3. The van der Waals surface area contributed by atoms with Crippen molar-refractivity contribution in [3.05, 3.63) is 66.0 Å². The minimum Gasteiger partial charge on any atom is -0.394 e. The van der Waals surface area contributed by atoms with Gasteiger partial charge in [0.05, 0.1) is 19.1 Å². The lowest BCUT2D eigenvalue weighted by atomic mass is 10.00. The Hall–Kier alpha value is -4.85. The Bertz CT molecular complexity index is 1460. The molecule has 2 fully saturated rings. The van der Waals surface area contributed by atoms with E-state index in [1.807, 2.05) is 26.0 Å². The molecule has 258 valence electrons. The van der Waals surface area contributed by atoms with Gasteiger partial charge in [0.1, 0.15) is 24.2 Å². The summed E-state index contributed by atoms with van der Waals surface area (Å²) in [5.41, 5.74) is 1.58. The molecule has 6 amide bonds. The minimum absolute atomic E-state index is 0.0185. The van der Waals surface area contributed by atoms with E-state index >= 15 is 0 Å². The smallest absolute Gasteiger partial charge is 0.248 e. The molecule has 0 radical (unpaired) electrons. The number of nitrogens with one attached hydrogen (secondary N) is 5. The first-order valence-electron chi connectivity index (χ1n) is 16.3. The van der Waals surface area contributed by atoms with Gasteiger partial charge >= 0.3 is 0 Å². The van der Waals surface area contributed by atoms with Gasteiger partial charge in [0.25, 0.3) is 0 Å². The maximum Gasteiger partial charge on any atom is 0.248 e. The first kappa shape index (κ1) is 36.0. The van der Waals surface area contributed by atoms with Crippen molar-refractivity contribution in [1.82, 2.24) is 36.5 Å². The molecule has 14 nitrogen and oxygen atoms in total. The van der Waals surface area contributed by atoms with Crippen molar-refractivity contribution in [2.24, 2.45) is 5.92 Å². The predicted molar refractivity (Wildman–Crippen MR) is 175 cm³/mol. The number of carbonyl (C=O) groups is 6. The topological polar surface area (TPSA) is 199 Å². The summed E-state index contributed by atoms with van der Waals surface area (Å²) in [6, 6.07) is 6.50. The number of aromatic nitrogens is 1. The highest BCUT2D eigenvalue weighted by Crippen LogP contribution is 2.22. The average Bonchev–Trinajstić information content (AvgIpc) is 3.49. The van der Waals surface area contributed by atoms with Gasteiger partial charge in [-0.15, -0.1) is 0 Å². The fourth-order valence-electron chi connectivity index (χ4n) is 5.95. The molecule has 3 heterocycles. The van der Waals surface area contributed by atoms with Gasteiger partial charge in [0, 0.05) is 31.4 Å². The number of aliphatic hydroxyl groups is 1. The summed E-state index contributed by atoms with van der Waals surface area (Å²) in [5, 5.41) is 23.9. The molecule has 2 aliphatic heterocycles. The normalized spacial score (nSPS) is 25.9. The van der Waals surface area contributed by atoms with Crippen LogP contribution in [-0.4, -0.2) is 93.8 Å². The number of rotatable bonds is 8. The summed E-state index contributed by atoms with van der Waals surface area (Å²) in [7, 11) is 0. The standard InChI is InChI=1S/C34H45N7O7/c1-20(2)15-26-32(46)40-27(19-42)34(48)41-18-24(37-29(43)10-9-22-11-13-35-14-12-22)16-28(41)33(47)36-21(3)31(45)39-25(17-30(44)38-26)23-7-5-4-6-8-23/h4-8,11-14,20-21,24-28,42H,9-10,15-19H2,1-3H3,(H,36,47)(H,37,43)(H,38,44)(H,39,45)(H,40,46)/t21-,24-,25-,26-,27-,28-/m0/s1. The van der Waals surface area contributed by atoms with E-state index in [1.165, 1.54) is 11.8 Å². The molecular weight excluding hydrogens is 618 g/mol. The highest BCUT2D eigenvalue weighted by Gasteiger charge is 2.43. The monoisotopic (exact) mass is 663 g/mol. The predicted octanol–water partition coefficient (Wildman–Crippen LogP) is -0.126.